The van der Waals surface area contributed by atoms with Crippen molar-refractivity contribution < 1.29 is 9.47 Å². The van der Waals surface area contributed by atoms with E-state index in [1.807, 2.05) is 6.07 Å². The van der Waals surface area contributed by atoms with E-state index < -0.39 is 0 Å². The number of halogens is 1. The van der Waals surface area contributed by atoms with Gasteiger partial charge in [0, 0.05) is 23.7 Å². The molecule has 0 spiro atoms. The first-order valence-electron chi connectivity index (χ1n) is 8.84. The first-order chi connectivity index (χ1) is 13.0. The number of imidazole rings is 1. The molecule has 0 N–H and O–H groups in total. The minimum absolute atomic E-state index is 0.482. The zero-order chi connectivity index (χ0) is 19.6. The van der Waals surface area contributed by atoms with Crippen molar-refractivity contribution in [1.29, 1.82) is 0 Å². The van der Waals surface area contributed by atoms with E-state index in [0.717, 1.165) is 38.2 Å². The first kappa shape index (κ1) is 19.5. The molecule has 0 saturated carbocycles. The van der Waals surface area contributed by atoms with Gasteiger partial charge in [0.2, 0.25) is 0 Å². The van der Waals surface area contributed by atoms with Gasteiger partial charge in [0.05, 0.1) is 19.3 Å². The highest BCUT2D eigenvalue weighted by Gasteiger charge is 2.20. The summed E-state index contributed by atoms with van der Waals surface area (Å²) in [4.78, 5) is 4.91. The maximum absolute atomic E-state index is 5.76. The summed E-state index contributed by atoms with van der Waals surface area (Å²) >= 11 is 3.54. The maximum atomic E-state index is 5.76. The minimum atomic E-state index is 0.482. The van der Waals surface area contributed by atoms with Crippen molar-refractivity contribution in [2.75, 3.05) is 20.8 Å². The molecule has 0 amide bonds. The number of aromatic nitrogens is 2. The number of rotatable bonds is 6. The lowest BCUT2D eigenvalue weighted by molar-refractivity contribution is 0.188. The van der Waals surface area contributed by atoms with Crippen LogP contribution in [-0.2, 0) is 11.3 Å². The second kappa shape index (κ2) is 8.16. The van der Waals surface area contributed by atoms with Crippen molar-refractivity contribution in [2.45, 2.75) is 26.3 Å². The molecule has 5 heteroatoms. The maximum Gasteiger partial charge on any atom is 0.146 e. The summed E-state index contributed by atoms with van der Waals surface area (Å²) in [6, 6.07) is 10.4. The van der Waals surface area contributed by atoms with Gasteiger partial charge < -0.3 is 14.0 Å². The summed E-state index contributed by atoms with van der Waals surface area (Å²) < 4.78 is 13.9. The van der Waals surface area contributed by atoms with E-state index in [1.54, 1.807) is 14.2 Å². The second-order valence-corrected chi connectivity index (χ2v) is 7.49. The third-order valence-electron chi connectivity index (χ3n) is 4.65. The normalized spacial score (nSPS) is 11.1. The molecule has 140 valence electrons. The molecule has 1 heterocycles. The van der Waals surface area contributed by atoms with Crippen LogP contribution in [0.1, 0.15) is 30.9 Å². The van der Waals surface area contributed by atoms with E-state index in [0.29, 0.717) is 19.1 Å². The van der Waals surface area contributed by atoms with Crippen molar-refractivity contribution in [3.8, 4) is 29.5 Å². The third kappa shape index (κ3) is 3.60. The summed E-state index contributed by atoms with van der Waals surface area (Å²) in [5, 5.41) is 0. The predicted octanol–water partition coefficient (Wildman–Crippen LogP) is 5.23. The average molecular weight is 427 g/mol. The van der Waals surface area contributed by atoms with Gasteiger partial charge in [0.1, 0.15) is 22.6 Å². The Bertz CT molecular complexity index is 998. The molecule has 1 aromatic heterocycles. The van der Waals surface area contributed by atoms with E-state index in [9.17, 15) is 0 Å². The van der Waals surface area contributed by atoms with E-state index in [4.69, 9.17) is 20.9 Å². The quantitative estimate of drug-likeness (QED) is 0.506. The molecule has 0 aliphatic rings. The smallest absolute Gasteiger partial charge is 0.146 e. The van der Waals surface area contributed by atoms with Crippen LogP contribution in [0.25, 0.3) is 22.4 Å². The molecule has 3 aromatic rings. The number of nitrogens with zero attached hydrogens (tertiary/aromatic N) is 2. The molecule has 0 fully saturated rings. The van der Waals surface area contributed by atoms with Crippen LogP contribution in [0.15, 0.2) is 34.8 Å². The molecule has 0 unspecified atom stereocenters. The molecular weight excluding hydrogens is 404 g/mol. The molecule has 0 saturated heterocycles. The molecule has 3 rings (SSSR count). The van der Waals surface area contributed by atoms with E-state index in [-0.39, 0.29) is 0 Å². The monoisotopic (exact) mass is 426 g/mol. The number of benzene rings is 2. The SMILES string of the molecule is C#Cc1c(Br)cc(OC)c2c1nc(-c1ccc(C(C)C)cc1)n2CCOC. The van der Waals surface area contributed by atoms with Gasteiger partial charge in [-0.25, -0.2) is 4.98 Å². The van der Waals surface area contributed by atoms with Crippen molar-refractivity contribution >= 4 is 27.0 Å². The minimum Gasteiger partial charge on any atom is -0.494 e. The number of hydrogen-bond acceptors (Lipinski definition) is 3. The fourth-order valence-corrected chi connectivity index (χ4v) is 3.69. The van der Waals surface area contributed by atoms with Gasteiger partial charge in [-0.1, -0.05) is 44.0 Å². The van der Waals surface area contributed by atoms with Gasteiger partial charge in [-0.05, 0) is 33.5 Å². The van der Waals surface area contributed by atoms with Crippen molar-refractivity contribution in [1.82, 2.24) is 9.55 Å². The Morgan fingerprint density at radius 1 is 1.22 bits per heavy atom. The lowest BCUT2D eigenvalue weighted by Crippen LogP contribution is -2.07. The van der Waals surface area contributed by atoms with Gasteiger partial charge in [0.15, 0.2) is 0 Å². The summed E-state index contributed by atoms with van der Waals surface area (Å²) in [5.41, 5.74) is 4.69. The lowest BCUT2D eigenvalue weighted by atomic mass is 10.0. The van der Waals surface area contributed by atoms with Crippen LogP contribution in [0.4, 0.5) is 0 Å². The Morgan fingerprint density at radius 2 is 1.93 bits per heavy atom. The predicted molar refractivity (Wildman–Crippen MR) is 113 cm³/mol. The van der Waals surface area contributed by atoms with Crippen LogP contribution < -0.4 is 4.74 Å². The van der Waals surface area contributed by atoms with E-state index >= 15 is 0 Å². The third-order valence-corrected chi connectivity index (χ3v) is 5.28. The van der Waals surface area contributed by atoms with Crippen LogP contribution >= 0.6 is 15.9 Å². The van der Waals surface area contributed by atoms with Gasteiger partial charge in [-0.3, -0.25) is 0 Å². The number of ether oxygens (including phenoxy) is 2. The Balaban J connectivity index is 2.29. The number of hydrogen-bond donors (Lipinski definition) is 0. The molecule has 4 nitrogen and oxygen atoms in total. The zero-order valence-corrected chi connectivity index (χ0v) is 17.6. The van der Waals surface area contributed by atoms with Crippen molar-refractivity contribution in [2.24, 2.45) is 0 Å². The van der Waals surface area contributed by atoms with Gasteiger partial charge in [0.25, 0.3) is 0 Å². The van der Waals surface area contributed by atoms with Crippen LogP contribution in [-0.4, -0.2) is 30.4 Å². The Hall–Kier alpha value is -2.29. The number of fused-ring (bicyclic) bond motifs is 1. The van der Waals surface area contributed by atoms with E-state index in [1.165, 1.54) is 5.56 Å². The second-order valence-electron chi connectivity index (χ2n) is 6.63. The van der Waals surface area contributed by atoms with Crippen molar-refractivity contribution in [3.05, 3.63) is 45.9 Å². The fraction of sp³-hybridized carbons (Fsp3) is 0.318. The summed E-state index contributed by atoms with van der Waals surface area (Å²) in [6.45, 7) is 5.58. The highest BCUT2D eigenvalue weighted by atomic mass is 79.9. The molecular formula is C22H23BrN2O2. The molecule has 0 bridgehead atoms. The number of terminal acetylenes is 1. The average Bonchev–Trinajstić information content (AvgIpc) is 3.05. The molecule has 0 radical (unpaired) electrons. The Labute approximate surface area is 168 Å². The van der Waals surface area contributed by atoms with Crippen molar-refractivity contribution in [3.63, 3.8) is 0 Å². The molecule has 2 aromatic carbocycles. The van der Waals surface area contributed by atoms with Crippen LogP contribution in [0, 0.1) is 12.3 Å². The standard InChI is InChI=1S/C22H23BrN2O2/c1-6-17-18(23)13-19(27-5)21-20(17)24-22(25(21)11-12-26-4)16-9-7-15(8-10-16)14(2)3/h1,7-10,13-14H,11-12H2,2-5H3. The molecule has 0 atom stereocenters. The molecule has 0 aliphatic heterocycles. The highest BCUT2D eigenvalue weighted by molar-refractivity contribution is 9.10. The zero-order valence-electron chi connectivity index (χ0n) is 16.0. The summed E-state index contributed by atoms with van der Waals surface area (Å²) in [6.07, 6.45) is 5.76. The van der Waals surface area contributed by atoms with Gasteiger partial charge >= 0.3 is 0 Å². The molecule has 0 aliphatic carbocycles. The summed E-state index contributed by atoms with van der Waals surface area (Å²) in [5.74, 6) is 4.81. The van der Waals surface area contributed by atoms with Gasteiger partial charge in [-0.2, -0.15) is 0 Å². The molecule has 27 heavy (non-hydrogen) atoms. The largest absolute Gasteiger partial charge is 0.494 e. The Kier molecular flexibility index (Phi) is 5.88. The van der Waals surface area contributed by atoms with Crippen LogP contribution in [0.5, 0.6) is 5.75 Å². The highest BCUT2D eigenvalue weighted by Crippen LogP contribution is 2.37. The van der Waals surface area contributed by atoms with E-state index in [2.05, 4.69) is 64.5 Å². The number of methoxy groups -OCH3 is 2. The first-order valence-corrected chi connectivity index (χ1v) is 9.63. The van der Waals surface area contributed by atoms with Crippen LogP contribution in [0.3, 0.4) is 0 Å². The fourth-order valence-electron chi connectivity index (χ4n) is 3.18. The summed E-state index contributed by atoms with van der Waals surface area (Å²) in [7, 11) is 3.35. The van der Waals surface area contributed by atoms with Crippen LogP contribution in [0.2, 0.25) is 0 Å². The Morgan fingerprint density at radius 3 is 2.48 bits per heavy atom. The topological polar surface area (TPSA) is 36.3 Å². The van der Waals surface area contributed by atoms with Gasteiger partial charge in [-0.15, -0.1) is 6.42 Å². The lowest BCUT2D eigenvalue weighted by Gasteiger charge is -2.12.